The lowest BCUT2D eigenvalue weighted by Crippen LogP contribution is -2.10. The van der Waals surface area contributed by atoms with Crippen LogP contribution in [0.25, 0.3) is 11.0 Å². The van der Waals surface area contributed by atoms with E-state index in [1.165, 1.54) is 12.1 Å². The Balaban J connectivity index is 2.15. The van der Waals surface area contributed by atoms with Gasteiger partial charge in [0, 0.05) is 17.0 Å². The minimum absolute atomic E-state index is 0.299. The van der Waals surface area contributed by atoms with Gasteiger partial charge in [0.15, 0.2) is 0 Å². The molecule has 0 aliphatic carbocycles. The van der Waals surface area contributed by atoms with Crippen molar-refractivity contribution in [3.63, 3.8) is 0 Å². The summed E-state index contributed by atoms with van der Waals surface area (Å²) in [6.07, 6.45) is 0. The summed E-state index contributed by atoms with van der Waals surface area (Å²) in [6, 6.07) is 6.24. The van der Waals surface area contributed by atoms with E-state index >= 15 is 0 Å². The molecule has 0 amide bonds. The molecule has 18 heavy (non-hydrogen) atoms. The second-order valence-electron chi connectivity index (χ2n) is 4.27. The van der Waals surface area contributed by atoms with Crippen molar-refractivity contribution in [1.82, 2.24) is 0 Å². The molecule has 2 aromatic heterocycles. The van der Waals surface area contributed by atoms with Crippen molar-refractivity contribution in [3.05, 3.63) is 57.7 Å². The van der Waals surface area contributed by atoms with Gasteiger partial charge in [0.05, 0.1) is 6.04 Å². The molecule has 1 aromatic carbocycles. The summed E-state index contributed by atoms with van der Waals surface area (Å²) in [5, 5.41) is 4.89. The summed E-state index contributed by atoms with van der Waals surface area (Å²) in [4.78, 5) is 0. The van der Waals surface area contributed by atoms with Gasteiger partial charge in [0.2, 0.25) is 0 Å². The van der Waals surface area contributed by atoms with Crippen molar-refractivity contribution < 1.29 is 8.81 Å². The predicted octanol–water partition coefficient (Wildman–Crippen LogP) is 3.99. The molecular weight excluding hydrogens is 249 g/mol. The number of hydrogen-bond donors (Lipinski definition) is 1. The Morgan fingerprint density at radius 3 is 2.89 bits per heavy atom. The molecule has 2 N–H and O–H groups in total. The molecule has 0 bridgehead atoms. The molecular formula is C14H12FNOS. The quantitative estimate of drug-likeness (QED) is 0.757. The average molecular weight is 261 g/mol. The molecule has 0 spiro atoms. The first-order valence-corrected chi connectivity index (χ1v) is 6.57. The van der Waals surface area contributed by atoms with Gasteiger partial charge in [0.25, 0.3) is 0 Å². The van der Waals surface area contributed by atoms with Crippen LogP contribution in [0.2, 0.25) is 0 Å². The fraction of sp³-hybridized carbons (Fsp3) is 0.143. The molecule has 0 aliphatic rings. The molecule has 0 saturated carbocycles. The standard InChI is InChI=1S/C14H12FNOS/c1-8-11-3-2-10(15)6-12(11)17-14(8)13(16)9-4-5-18-7-9/h2-7,13H,16H2,1H3. The lowest BCUT2D eigenvalue weighted by Gasteiger charge is -2.07. The molecule has 0 radical (unpaired) electrons. The van der Waals surface area contributed by atoms with Crippen molar-refractivity contribution in [2.24, 2.45) is 5.73 Å². The minimum atomic E-state index is -0.299. The van der Waals surface area contributed by atoms with Crippen LogP contribution in [0, 0.1) is 12.7 Å². The zero-order valence-corrected chi connectivity index (χ0v) is 10.6. The van der Waals surface area contributed by atoms with Crippen LogP contribution in [-0.2, 0) is 0 Å². The third-order valence-electron chi connectivity index (χ3n) is 3.12. The highest BCUT2D eigenvalue weighted by Gasteiger charge is 2.19. The molecule has 4 heteroatoms. The van der Waals surface area contributed by atoms with E-state index in [0.29, 0.717) is 11.3 Å². The van der Waals surface area contributed by atoms with E-state index in [-0.39, 0.29) is 11.9 Å². The van der Waals surface area contributed by atoms with Gasteiger partial charge in [-0.2, -0.15) is 11.3 Å². The van der Waals surface area contributed by atoms with E-state index in [2.05, 4.69) is 0 Å². The van der Waals surface area contributed by atoms with Crippen LogP contribution >= 0.6 is 11.3 Å². The lowest BCUT2D eigenvalue weighted by molar-refractivity contribution is 0.519. The maximum absolute atomic E-state index is 13.2. The molecule has 2 nitrogen and oxygen atoms in total. The molecule has 3 rings (SSSR count). The predicted molar refractivity (Wildman–Crippen MR) is 71.3 cm³/mol. The van der Waals surface area contributed by atoms with Crippen molar-refractivity contribution in [3.8, 4) is 0 Å². The Morgan fingerprint density at radius 1 is 1.33 bits per heavy atom. The Hall–Kier alpha value is -1.65. The molecule has 0 aliphatic heterocycles. The van der Waals surface area contributed by atoms with Gasteiger partial charge in [-0.05, 0) is 41.4 Å². The number of nitrogens with two attached hydrogens (primary N) is 1. The number of aryl methyl sites for hydroxylation is 1. The van der Waals surface area contributed by atoms with Crippen LogP contribution in [-0.4, -0.2) is 0 Å². The average Bonchev–Trinajstić information content (AvgIpc) is 2.97. The number of hydrogen-bond acceptors (Lipinski definition) is 3. The van der Waals surface area contributed by atoms with Crippen molar-refractivity contribution >= 4 is 22.3 Å². The Labute approximate surface area is 108 Å². The number of furan rings is 1. The van der Waals surface area contributed by atoms with Crippen molar-refractivity contribution in [2.45, 2.75) is 13.0 Å². The summed E-state index contributed by atoms with van der Waals surface area (Å²) >= 11 is 1.60. The normalized spacial score (nSPS) is 13.1. The SMILES string of the molecule is Cc1c(C(N)c2ccsc2)oc2cc(F)ccc12. The molecule has 0 saturated heterocycles. The number of thiophene rings is 1. The molecule has 92 valence electrons. The van der Waals surface area contributed by atoms with Crippen LogP contribution in [0.4, 0.5) is 4.39 Å². The van der Waals surface area contributed by atoms with Gasteiger partial charge in [-0.25, -0.2) is 4.39 Å². The first-order chi connectivity index (χ1) is 8.66. The van der Waals surface area contributed by atoms with Gasteiger partial charge in [-0.15, -0.1) is 0 Å². The second-order valence-corrected chi connectivity index (χ2v) is 5.05. The van der Waals surface area contributed by atoms with E-state index in [0.717, 1.165) is 16.5 Å². The van der Waals surface area contributed by atoms with E-state index in [9.17, 15) is 4.39 Å². The smallest absolute Gasteiger partial charge is 0.137 e. The first-order valence-electron chi connectivity index (χ1n) is 5.63. The summed E-state index contributed by atoms with van der Waals surface area (Å²) < 4.78 is 18.9. The molecule has 1 atom stereocenters. The first kappa shape index (κ1) is 11.4. The third-order valence-corrected chi connectivity index (χ3v) is 3.82. The highest BCUT2D eigenvalue weighted by Crippen LogP contribution is 2.32. The van der Waals surface area contributed by atoms with E-state index in [1.54, 1.807) is 17.4 Å². The zero-order chi connectivity index (χ0) is 12.7. The zero-order valence-electron chi connectivity index (χ0n) is 9.81. The van der Waals surface area contributed by atoms with Gasteiger partial charge in [-0.3, -0.25) is 0 Å². The van der Waals surface area contributed by atoms with Gasteiger partial charge >= 0.3 is 0 Å². The largest absolute Gasteiger partial charge is 0.459 e. The molecule has 0 fully saturated rings. The van der Waals surface area contributed by atoms with Gasteiger partial charge in [0.1, 0.15) is 17.2 Å². The van der Waals surface area contributed by atoms with E-state index in [4.69, 9.17) is 10.2 Å². The number of rotatable bonds is 2. The van der Waals surface area contributed by atoms with Crippen molar-refractivity contribution in [2.75, 3.05) is 0 Å². The van der Waals surface area contributed by atoms with Gasteiger partial charge in [-0.1, -0.05) is 0 Å². The fourth-order valence-corrected chi connectivity index (χ4v) is 2.81. The number of halogens is 1. The van der Waals surface area contributed by atoms with Crippen LogP contribution in [0.3, 0.4) is 0 Å². The Bertz CT molecular complexity index is 687. The number of benzene rings is 1. The van der Waals surface area contributed by atoms with Crippen LogP contribution in [0.15, 0.2) is 39.4 Å². The third kappa shape index (κ3) is 1.74. The topological polar surface area (TPSA) is 39.2 Å². The number of fused-ring (bicyclic) bond motifs is 1. The maximum Gasteiger partial charge on any atom is 0.137 e. The second kappa shape index (κ2) is 4.23. The fourth-order valence-electron chi connectivity index (χ4n) is 2.12. The summed E-state index contributed by atoms with van der Waals surface area (Å²) in [6.45, 7) is 1.95. The van der Waals surface area contributed by atoms with Gasteiger partial charge < -0.3 is 10.2 Å². The van der Waals surface area contributed by atoms with E-state index in [1.807, 2.05) is 23.8 Å². The molecule has 2 heterocycles. The summed E-state index contributed by atoms with van der Waals surface area (Å²) in [5.41, 5.74) is 8.72. The van der Waals surface area contributed by atoms with Crippen molar-refractivity contribution in [1.29, 1.82) is 0 Å². The Morgan fingerprint density at radius 2 is 2.17 bits per heavy atom. The van der Waals surface area contributed by atoms with Crippen LogP contribution in [0.1, 0.15) is 22.9 Å². The molecule has 1 unspecified atom stereocenters. The van der Waals surface area contributed by atoms with Crippen LogP contribution in [0.5, 0.6) is 0 Å². The van der Waals surface area contributed by atoms with Crippen LogP contribution < -0.4 is 5.73 Å². The Kier molecular flexibility index (Phi) is 2.69. The minimum Gasteiger partial charge on any atom is -0.459 e. The van der Waals surface area contributed by atoms with E-state index < -0.39 is 0 Å². The highest BCUT2D eigenvalue weighted by molar-refractivity contribution is 7.08. The lowest BCUT2D eigenvalue weighted by atomic mass is 10.0. The summed E-state index contributed by atoms with van der Waals surface area (Å²) in [7, 11) is 0. The summed E-state index contributed by atoms with van der Waals surface area (Å²) in [5.74, 6) is 0.404. The molecule has 3 aromatic rings. The monoisotopic (exact) mass is 261 g/mol. The maximum atomic E-state index is 13.2. The highest BCUT2D eigenvalue weighted by atomic mass is 32.1.